The number of benzene rings is 1. The van der Waals surface area contributed by atoms with Crippen molar-refractivity contribution in [1.29, 1.82) is 0 Å². The van der Waals surface area contributed by atoms with Crippen LogP contribution in [0.15, 0.2) is 24.3 Å². The Morgan fingerprint density at radius 3 is 2.55 bits per heavy atom. The molecule has 0 aliphatic heterocycles. The van der Waals surface area contributed by atoms with Gasteiger partial charge in [0.1, 0.15) is 15.6 Å². The van der Waals surface area contributed by atoms with Gasteiger partial charge in [-0.05, 0) is 26.8 Å². The van der Waals surface area contributed by atoms with E-state index >= 15 is 0 Å². The molecule has 0 saturated heterocycles. The van der Waals surface area contributed by atoms with Crippen LogP contribution in [0.2, 0.25) is 0 Å². The average molecular weight is 291 g/mol. The van der Waals surface area contributed by atoms with Crippen LogP contribution in [0.3, 0.4) is 0 Å². The van der Waals surface area contributed by atoms with E-state index in [9.17, 15) is 4.79 Å². The van der Waals surface area contributed by atoms with E-state index in [1.54, 1.807) is 14.0 Å². The summed E-state index contributed by atoms with van der Waals surface area (Å²) in [5.41, 5.74) is 1.14. The molecule has 1 N–H and O–H groups in total. The summed E-state index contributed by atoms with van der Waals surface area (Å²) in [4.78, 5) is 15.9. The van der Waals surface area contributed by atoms with Gasteiger partial charge in [-0.15, -0.1) is 11.3 Å². The number of carboxylic acid groups (broad SMARTS) is 1. The number of carbonyl (C=O) groups is 1. The van der Waals surface area contributed by atoms with E-state index in [0.29, 0.717) is 10.6 Å². The Labute approximate surface area is 122 Å². The number of ether oxygens (including phenoxy) is 1. The fraction of sp³-hybridized carbons (Fsp3) is 0.333. The Hall–Kier alpha value is -1.88. The molecule has 0 aliphatic rings. The molecular weight excluding hydrogens is 274 g/mol. The number of para-hydroxylation sites is 1. The predicted octanol–water partition coefficient (Wildman–Crippen LogP) is 3.48. The summed E-state index contributed by atoms with van der Waals surface area (Å²) < 4.78 is 5.40. The van der Waals surface area contributed by atoms with Crippen molar-refractivity contribution in [3.8, 4) is 5.75 Å². The lowest BCUT2D eigenvalue weighted by atomic mass is 9.84. The van der Waals surface area contributed by atoms with Crippen molar-refractivity contribution in [2.45, 2.75) is 26.2 Å². The summed E-state index contributed by atoms with van der Waals surface area (Å²) in [5, 5.41) is 9.94. The van der Waals surface area contributed by atoms with E-state index < -0.39 is 11.4 Å². The van der Waals surface area contributed by atoms with Gasteiger partial charge < -0.3 is 9.84 Å². The number of methoxy groups -OCH3 is 1. The van der Waals surface area contributed by atoms with Crippen LogP contribution in [0.4, 0.5) is 0 Å². The highest BCUT2D eigenvalue weighted by atomic mass is 32.1. The van der Waals surface area contributed by atoms with Crippen molar-refractivity contribution >= 4 is 17.3 Å². The molecule has 1 heterocycles. The first-order valence-corrected chi connectivity index (χ1v) is 7.04. The smallest absolute Gasteiger partial charge is 0.347 e. The van der Waals surface area contributed by atoms with Gasteiger partial charge >= 0.3 is 5.97 Å². The SMILES string of the molecule is COc1ccccc1C(C)(C)c1nc(C)c(C(=O)O)s1. The Balaban J connectivity index is 2.54. The second kappa shape index (κ2) is 5.25. The summed E-state index contributed by atoms with van der Waals surface area (Å²) in [6.45, 7) is 5.77. The minimum absolute atomic E-state index is 0.294. The van der Waals surface area contributed by atoms with Crippen LogP contribution in [-0.4, -0.2) is 23.2 Å². The highest BCUT2D eigenvalue weighted by Crippen LogP contribution is 2.39. The van der Waals surface area contributed by atoms with E-state index in [1.807, 2.05) is 38.1 Å². The predicted molar refractivity (Wildman–Crippen MR) is 78.9 cm³/mol. The number of rotatable bonds is 4. The lowest BCUT2D eigenvalue weighted by Crippen LogP contribution is -2.19. The zero-order valence-electron chi connectivity index (χ0n) is 11.9. The number of carboxylic acids is 1. The Morgan fingerprint density at radius 1 is 1.35 bits per heavy atom. The van der Waals surface area contributed by atoms with Crippen molar-refractivity contribution in [3.63, 3.8) is 0 Å². The third kappa shape index (κ3) is 2.41. The molecule has 0 radical (unpaired) electrons. The molecule has 20 heavy (non-hydrogen) atoms. The van der Waals surface area contributed by atoms with Crippen molar-refractivity contribution < 1.29 is 14.6 Å². The van der Waals surface area contributed by atoms with E-state index in [-0.39, 0.29) is 0 Å². The lowest BCUT2D eigenvalue weighted by Gasteiger charge is -2.24. The second-order valence-corrected chi connectivity index (χ2v) is 6.06. The summed E-state index contributed by atoms with van der Waals surface area (Å²) in [6.07, 6.45) is 0. The maximum Gasteiger partial charge on any atom is 0.347 e. The van der Waals surface area contributed by atoms with Crippen LogP contribution in [0, 0.1) is 6.92 Å². The van der Waals surface area contributed by atoms with Crippen LogP contribution in [-0.2, 0) is 5.41 Å². The van der Waals surface area contributed by atoms with Crippen LogP contribution in [0.1, 0.15) is 39.8 Å². The molecule has 106 valence electrons. The fourth-order valence-corrected chi connectivity index (χ4v) is 3.16. The van der Waals surface area contributed by atoms with E-state index in [1.165, 1.54) is 11.3 Å². The van der Waals surface area contributed by atoms with Crippen LogP contribution < -0.4 is 4.74 Å². The summed E-state index contributed by atoms with van der Waals surface area (Å²) in [7, 11) is 1.63. The first kappa shape index (κ1) is 14.5. The summed E-state index contributed by atoms with van der Waals surface area (Å²) >= 11 is 1.22. The van der Waals surface area contributed by atoms with Crippen molar-refractivity contribution in [1.82, 2.24) is 4.98 Å². The Morgan fingerprint density at radius 2 is 2.00 bits per heavy atom. The Kier molecular flexibility index (Phi) is 3.81. The number of thiazole rings is 1. The summed E-state index contributed by atoms with van der Waals surface area (Å²) in [5.74, 6) is -0.149. The van der Waals surface area contributed by atoms with Crippen LogP contribution in [0.5, 0.6) is 5.75 Å². The molecule has 5 heteroatoms. The second-order valence-electron chi connectivity index (χ2n) is 5.06. The molecule has 0 aliphatic carbocycles. The maximum atomic E-state index is 11.2. The lowest BCUT2D eigenvalue weighted by molar-refractivity contribution is 0.0701. The highest BCUT2D eigenvalue weighted by Gasteiger charge is 2.31. The number of hydrogen-bond donors (Lipinski definition) is 1. The minimum Gasteiger partial charge on any atom is -0.496 e. The molecular formula is C15H17NO3S. The van der Waals surface area contributed by atoms with Crippen molar-refractivity contribution in [2.24, 2.45) is 0 Å². The van der Waals surface area contributed by atoms with E-state index in [0.717, 1.165) is 16.3 Å². The van der Waals surface area contributed by atoms with Gasteiger partial charge in [0.25, 0.3) is 0 Å². The van der Waals surface area contributed by atoms with Gasteiger partial charge in [-0.1, -0.05) is 18.2 Å². The summed E-state index contributed by atoms with van der Waals surface area (Å²) in [6, 6.07) is 7.73. The van der Waals surface area contributed by atoms with E-state index in [4.69, 9.17) is 9.84 Å². The molecule has 2 aromatic rings. The van der Waals surface area contributed by atoms with E-state index in [2.05, 4.69) is 4.98 Å². The van der Waals surface area contributed by atoms with Gasteiger partial charge in [0.2, 0.25) is 0 Å². The number of aryl methyl sites for hydroxylation is 1. The quantitative estimate of drug-likeness (QED) is 0.936. The first-order chi connectivity index (χ1) is 9.37. The number of nitrogens with zero attached hydrogens (tertiary/aromatic N) is 1. The molecule has 1 aromatic heterocycles. The highest BCUT2D eigenvalue weighted by molar-refractivity contribution is 7.13. The standard InChI is InChI=1S/C15H17NO3S/c1-9-12(13(17)18)20-14(16-9)15(2,3)10-7-5-6-8-11(10)19-4/h5-8H,1-4H3,(H,17,18). The van der Waals surface area contributed by atoms with Crippen LogP contribution >= 0.6 is 11.3 Å². The molecule has 0 bridgehead atoms. The fourth-order valence-electron chi connectivity index (χ4n) is 2.14. The number of aromatic nitrogens is 1. The molecule has 2 rings (SSSR count). The number of hydrogen-bond acceptors (Lipinski definition) is 4. The molecule has 0 fully saturated rings. The molecule has 0 atom stereocenters. The number of aromatic carboxylic acids is 1. The van der Waals surface area contributed by atoms with Crippen molar-refractivity contribution in [3.05, 3.63) is 45.4 Å². The van der Waals surface area contributed by atoms with Gasteiger partial charge in [-0.25, -0.2) is 9.78 Å². The largest absolute Gasteiger partial charge is 0.496 e. The molecule has 0 saturated carbocycles. The molecule has 4 nitrogen and oxygen atoms in total. The molecule has 0 spiro atoms. The van der Waals surface area contributed by atoms with Gasteiger partial charge in [-0.3, -0.25) is 0 Å². The topological polar surface area (TPSA) is 59.4 Å². The van der Waals surface area contributed by atoms with Gasteiger partial charge in [0, 0.05) is 11.0 Å². The zero-order valence-corrected chi connectivity index (χ0v) is 12.7. The van der Waals surface area contributed by atoms with Gasteiger partial charge in [0.15, 0.2) is 0 Å². The third-order valence-electron chi connectivity index (χ3n) is 3.31. The minimum atomic E-state index is -0.929. The van der Waals surface area contributed by atoms with Gasteiger partial charge in [0.05, 0.1) is 12.8 Å². The first-order valence-electron chi connectivity index (χ1n) is 6.22. The normalized spacial score (nSPS) is 11.4. The molecule has 1 aromatic carbocycles. The zero-order chi connectivity index (χ0) is 14.9. The average Bonchev–Trinajstić information content (AvgIpc) is 2.81. The molecule has 0 amide bonds. The Bertz CT molecular complexity index is 646. The van der Waals surface area contributed by atoms with Gasteiger partial charge in [-0.2, -0.15) is 0 Å². The van der Waals surface area contributed by atoms with Crippen LogP contribution in [0.25, 0.3) is 0 Å². The molecule has 0 unspecified atom stereocenters. The third-order valence-corrected chi connectivity index (χ3v) is 4.77. The maximum absolute atomic E-state index is 11.2. The monoisotopic (exact) mass is 291 g/mol. The van der Waals surface area contributed by atoms with Crippen molar-refractivity contribution in [2.75, 3.05) is 7.11 Å².